The highest BCUT2D eigenvalue weighted by atomic mass is 16.4. The summed E-state index contributed by atoms with van der Waals surface area (Å²) in [6, 6.07) is 7.65. The summed E-state index contributed by atoms with van der Waals surface area (Å²) in [6.07, 6.45) is 1.78. The highest BCUT2D eigenvalue weighted by Gasteiger charge is 2.46. The molecule has 1 amide bonds. The molecule has 0 spiro atoms. The van der Waals surface area contributed by atoms with E-state index in [9.17, 15) is 14.7 Å². The highest BCUT2D eigenvalue weighted by molar-refractivity contribution is 5.88. The van der Waals surface area contributed by atoms with Gasteiger partial charge in [0.15, 0.2) is 0 Å². The predicted molar refractivity (Wildman–Crippen MR) is 79.1 cm³/mol. The van der Waals surface area contributed by atoms with Gasteiger partial charge in [0.1, 0.15) is 6.04 Å². The third-order valence-corrected chi connectivity index (χ3v) is 4.87. The van der Waals surface area contributed by atoms with E-state index in [-0.39, 0.29) is 11.9 Å². The topological polar surface area (TPSA) is 69.6 Å². The van der Waals surface area contributed by atoms with Crippen LogP contribution < -0.4 is 5.32 Å². The zero-order chi connectivity index (χ0) is 15.0. The minimum atomic E-state index is -0.789. The van der Waals surface area contributed by atoms with Crippen molar-refractivity contribution in [1.82, 2.24) is 4.90 Å². The number of nitrogens with zero attached hydrogens (tertiary/aromatic N) is 1. The van der Waals surface area contributed by atoms with E-state index in [2.05, 4.69) is 5.32 Å². The van der Waals surface area contributed by atoms with Crippen molar-refractivity contribution in [3.63, 3.8) is 0 Å². The number of carbonyl (C=O) groups excluding carboxylic acids is 1. The van der Waals surface area contributed by atoms with Crippen molar-refractivity contribution < 1.29 is 14.7 Å². The molecule has 21 heavy (non-hydrogen) atoms. The van der Waals surface area contributed by atoms with Crippen molar-refractivity contribution in [3.8, 4) is 0 Å². The van der Waals surface area contributed by atoms with Crippen LogP contribution >= 0.6 is 0 Å². The summed E-state index contributed by atoms with van der Waals surface area (Å²) in [5, 5.41) is 12.7. The first-order valence-electron chi connectivity index (χ1n) is 7.42. The quantitative estimate of drug-likeness (QED) is 0.889. The number of aliphatic carboxylic acids is 1. The molecule has 1 aromatic rings. The Morgan fingerprint density at radius 1 is 1.43 bits per heavy atom. The Morgan fingerprint density at radius 2 is 2.19 bits per heavy atom. The van der Waals surface area contributed by atoms with Crippen LogP contribution in [0.2, 0.25) is 0 Å². The molecular formula is C16H20N2O3. The minimum Gasteiger partial charge on any atom is -0.481 e. The highest BCUT2D eigenvalue weighted by Crippen LogP contribution is 2.35. The number of likely N-dealkylation sites (tertiary alicyclic amines) is 1. The number of anilines is 1. The lowest BCUT2D eigenvalue weighted by Gasteiger charge is -2.25. The maximum atomic E-state index is 12.6. The summed E-state index contributed by atoms with van der Waals surface area (Å²) in [5.74, 6) is -0.772. The van der Waals surface area contributed by atoms with E-state index in [1.54, 1.807) is 4.90 Å². The third-order valence-electron chi connectivity index (χ3n) is 4.87. The molecule has 0 aliphatic carbocycles. The number of carboxylic acids is 1. The maximum Gasteiger partial charge on any atom is 0.311 e. The molecule has 0 aromatic heterocycles. The largest absolute Gasteiger partial charge is 0.481 e. The van der Waals surface area contributed by atoms with Gasteiger partial charge in [-0.15, -0.1) is 0 Å². The number of carboxylic acid groups (broad SMARTS) is 1. The Hall–Kier alpha value is -2.04. The van der Waals surface area contributed by atoms with E-state index >= 15 is 0 Å². The van der Waals surface area contributed by atoms with Gasteiger partial charge < -0.3 is 15.3 Å². The van der Waals surface area contributed by atoms with E-state index in [1.165, 1.54) is 0 Å². The lowest BCUT2D eigenvalue weighted by atomic mass is 9.84. The third kappa shape index (κ3) is 2.26. The van der Waals surface area contributed by atoms with Gasteiger partial charge >= 0.3 is 5.97 Å². The van der Waals surface area contributed by atoms with Gasteiger partial charge in [0.25, 0.3) is 0 Å². The SMILES string of the molecule is CCC1(C(=O)O)CCN(C(=O)[C@@H]2Cc3ccccc3N2)C1. The van der Waals surface area contributed by atoms with Crippen LogP contribution in [0.3, 0.4) is 0 Å². The average molecular weight is 288 g/mol. The molecule has 2 atom stereocenters. The van der Waals surface area contributed by atoms with Gasteiger partial charge in [-0.25, -0.2) is 0 Å². The van der Waals surface area contributed by atoms with Crippen molar-refractivity contribution in [2.75, 3.05) is 18.4 Å². The van der Waals surface area contributed by atoms with Crippen LogP contribution in [0.25, 0.3) is 0 Å². The Balaban J connectivity index is 1.70. The lowest BCUT2D eigenvalue weighted by molar-refractivity contribution is -0.148. The van der Waals surface area contributed by atoms with Gasteiger partial charge in [-0.2, -0.15) is 0 Å². The standard InChI is InChI=1S/C16H20N2O3/c1-2-16(15(20)21)7-8-18(10-16)14(19)13-9-11-5-3-4-6-12(11)17-13/h3-6,13,17H,2,7-10H2,1H3,(H,20,21)/t13-,16?/m0/s1. The van der Waals surface area contributed by atoms with E-state index < -0.39 is 11.4 Å². The van der Waals surface area contributed by atoms with Crippen LogP contribution in [0.15, 0.2) is 24.3 Å². The molecule has 5 nitrogen and oxygen atoms in total. The number of fused-ring (bicyclic) bond motifs is 1. The molecule has 1 unspecified atom stereocenters. The van der Waals surface area contributed by atoms with Gasteiger partial charge in [-0.05, 0) is 24.5 Å². The second-order valence-corrected chi connectivity index (χ2v) is 6.01. The van der Waals surface area contributed by atoms with Crippen LogP contribution in [0.4, 0.5) is 5.69 Å². The van der Waals surface area contributed by atoms with Crippen LogP contribution in [0, 0.1) is 5.41 Å². The molecule has 2 heterocycles. The van der Waals surface area contributed by atoms with Crippen molar-refractivity contribution >= 4 is 17.6 Å². The minimum absolute atomic E-state index is 0.0165. The number of carbonyl (C=O) groups is 2. The van der Waals surface area contributed by atoms with Gasteiger partial charge in [-0.3, -0.25) is 9.59 Å². The molecule has 112 valence electrons. The number of amides is 1. The Bertz CT molecular complexity index is 562. The molecule has 2 aliphatic rings. The summed E-state index contributed by atoms with van der Waals surface area (Å²) < 4.78 is 0. The van der Waals surface area contributed by atoms with Gasteiger partial charge in [0.2, 0.25) is 5.91 Å². The fourth-order valence-electron chi connectivity index (χ4n) is 3.34. The Morgan fingerprint density at radius 3 is 2.81 bits per heavy atom. The molecule has 1 fully saturated rings. The molecule has 1 aromatic carbocycles. The van der Waals surface area contributed by atoms with Gasteiger partial charge in [-0.1, -0.05) is 25.1 Å². The average Bonchev–Trinajstić information content (AvgIpc) is 3.11. The zero-order valence-corrected chi connectivity index (χ0v) is 12.1. The molecule has 0 bridgehead atoms. The first kappa shape index (κ1) is 13.9. The van der Waals surface area contributed by atoms with E-state index in [4.69, 9.17) is 0 Å². The number of rotatable bonds is 3. The van der Waals surface area contributed by atoms with Crippen LogP contribution in [-0.4, -0.2) is 41.0 Å². The van der Waals surface area contributed by atoms with Crippen LogP contribution in [0.1, 0.15) is 25.3 Å². The first-order chi connectivity index (χ1) is 10.1. The van der Waals surface area contributed by atoms with Crippen molar-refractivity contribution in [1.29, 1.82) is 0 Å². The molecule has 2 aliphatic heterocycles. The summed E-state index contributed by atoms with van der Waals surface area (Å²) in [7, 11) is 0. The van der Waals surface area contributed by atoms with E-state index in [0.29, 0.717) is 32.4 Å². The summed E-state index contributed by atoms with van der Waals surface area (Å²) >= 11 is 0. The molecule has 2 N–H and O–H groups in total. The fourth-order valence-corrected chi connectivity index (χ4v) is 3.34. The van der Waals surface area contributed by atoms with Crippen molar-refractivity contribution in [2.45, 2.75) is 32.2 Å². The molecule has 5 heteroatoms. The van der Waals surface area contributed by atoms with E-state index in [1.807, 2.05) is 31.2 Å². The summed E-state index contributed by atoms with van der Waals surface area (Å²) in [5.41, 5.74) is 1.39. The summed E-state index contributed by atoms with van der Waals surface area (Å²) in [4.78, 5) is 25.8. The number of hydrogen-bond acceptors (Lipinski definition) is 3. The first-order valence-corrected chi connectivity index (χ1v) is 7.42. The number of benzene rings is 1. The van der Waals surface area contributed by atoms with Crippen molar-refractivity contribution in [3.05, 3.63) is 29.8 Å². The molecule has 0 saturated carbocycles. The molecular weight excluding hydrogens is 268 g/mol. The Labute approximate surface area is 123 Å². The van der Waals surface area contributed by atoms with Gasteiger partial charge in [0, 0.05) is 25.2 Å². The van der Waals surface area contributed by atoms with Crippen LogP contribution in [0.5, 0.6) is 0 Å². The number of nitrogens with one attached hydrogen (secondary N) is 1. The van der Waals surface area contributed by atoms with Gasteiger partial charge in [0.05, 0.1) is 5.41 Å². The van der Waals surface area contributed by atoms with Crippen LogP contribution in [-0.2, 0) is 16.0 Å². The Kier molecular flexibility index (Phi) is 3.35. The lowest BCUT2D eigenvalue weighted by Crippen LogP contribution is -2.43. The molecule has 3 rings (SSSR count). The second kappa shape index (κ2) is 5.06. The maximum absolute atomic E-state index is 12.6. The number of hydrogen-bond donors (Lipinski definition) is 2. The fraction of sp³-hybridized carbons (Fsp3) is 0.500. The predicted octanol–water partition coefficient (Wildman–Crippen LogP) is 1.74. The second-order valence-electron chi connectivity index (χ2n) is 6.01. The smallest absolute Gasteiger partial charge is 0.311 e. The normalized spacial score (nSPS) is 27.3. The van der Waals surface area contributed by atoms with E-state index in [0.717, 1.165) is 11.3 Å². The number of para-hydroxylation sites is 1. The van der Waals surface area contributed by atoms with Crippen molar-refractivity contribution in [2.24, 2.45) is 5.41 Å². The molecule has 0 radical (unpaired) electrons. The zero-order valence-electron chi connectivity index (χ0n) is 12.1. The molecule has 1 saturated heterocycles. The summed E-state index contributed by atoms with van der Waals surface area (Å²) in [6.45, 7) is 2.74. The monoisotopic (exact) mass is 288 g/mol.